The van der Waals surface area contributed by atoms with Crippen molar-refractivity contribution < 1.29 is 4.74 Å². The predicted molar refractivity (Wildman–Crippen MR) is 63.7 cm³/mol. The highest BCUT2D eigenvalue weighted by Crippen LogP contribution is 2.19. The standard InChI is InChI=1S/C13H11ClNO/c14-12-7-4-9-15-13(12)16-10-8-11-5-2-1-3-6-11/h1-7H,8,10H2. The number of aromatic nitrogens is 1. The molecule has 0 unspecified atom stereocenters. The number of nitrogens with zero attached hydrogens (tertiary/aromatic N) is 1. The Labute approximate surface area is 99.9 Å². The van der Waals surface area contributed by atoms with Crippen LogP contribution in [0.3, 0.4) is 0 Å². The highest BCUT2D eigenvalue weighted by Gasteiger charge is 2.01. The number of benzene rings is 1. The lowest BCUT2D eigenvalue weighted by Gasteiger charge is -2.05. The van der Waals surface area contributed by atoms with Crippen molar-refractivity contribution in [2.45, 2.75) is 6.42 Å². The third-order valence-electron chi connectivity index (χ3n) is 2.15. The van der Waals surface area contributed by atoms with Gasteiger partial charge in [-0.1, -0.05) is 41.9 Å². The van der Waals surface area contributed by atoms with E-state index in [0.717, 1.165) is 6.42 Å². The molecule has 0 saturated heterocycles. The van der Waals surface area contributed by atoms with Crippen LogP contribution in [-0.4, -0.2) is 11.6 Å². The van der Waals surface area contributed by atoms with E-state index in [1.807, 2.05) is 18.2 Å². The Balaban J connectivity index is 1.87. The molecule has 0 saturated carbocycles. The van der Waals surface area contributed by atoms with Gasteiger partial charge in [-0.3, -0.25) is 0 Å². The summed E-state index contributed by atoms with van der Waals surface area (Å²) in [5, 5.41) is 0.520. The molecule has 1 aromatic heterocycles. The molecule has 1 heterocycles. The van der Waals surface area contributed by atoms with Crippen LogP contribution in [0.15, 0.2) is 42.5 Å². The maximum atomic E-state index is 5.90. The molecule has 0 atom stereocenters. The zero-order valence-electron chi connectivity index (χ0n) is 8.69. The molecule has 3 heteroatoms. The van der Waals surface area contributed by atoms with Crippen LogP contribution in [0.25, 0.3) is 0 Å². The van der Waals surface area contributed by atoms with Gasteiger partial charge in [0.25, 0.3) is 0 Å². The maximum Gasteiger partial charge on any atom is 0.233 e. The monoisotopic (exact) mass is 232 g/mol. The van der Waals surface area contributed by atoms with Crippen LogP contribution >= 0.6 is 11.6 Å². The van der Waals surface area contributed by atoms with Crippen molar-refractivity contribution >= 4 is 11.6 Å². The summed E-state index contributed by atoms with van der Waals surface area (Å²) in [6.07, 6.45) is 3.53. The highest BCUT2D eigenvalue weighted by atomic mass is 35.5. The molecule has 2 nitrogen and oxygen atoms in total. The maximum absolute atomic E-state index is 5.90. The van der Waals surface area contributed by atoms with Crippen LogP contribution in [0.1, 0.15) is 5.56 Å². The van der Waals surface area contributed by atoms with Gasteiger partial charge in [0.2, 0.25) is 5.88 Å². The first-order chi connectivity index (χ1) is 7.86. The van der Waals surface area contributed by atoms with Gasteiger partial charge >= 0.3 is 0 Å². The molecular formula is C13H11ClNO. The Morgan fingerprint density at radius 2 is 2.00 bits per heavy atom. The van der Waals surface area contributed by atoms with Crippen LogP contribution in [0, 0.1) is 6.20 Å². The summed E-state index contributed by atoms with van der Waals surface area (Å²) in [4.78, 5) is 3.93. The smallest absolute Gasteiger partial charge is 0.233 e. The largest absolute Gasteiger partial charge is 0.476 e. The van der Waals surface area contributed by atoms with Crippen LogP contribution < -0.4 is 4.74 Å². The first-order valence-electron chi connectivity index (χ1n) is 5.05. The van der Waals surface area contributed by atoms with Gasteiger partial charge in [-0.25, -0.2) is 4.98 Å². The minimum atomic E-state index is 0.445. The van der Waals surface area contributed by atoms with Crippen LogP contribution in [0.5, 0.6) is 5.88 Å². The second-order valence-electron chi connectivity index (χ2n) is 3.31. The lowest BCUT2D eigenvalue weighted by Crippen LogP contribution is -2.02. The summed E-state index contributed by atoms with van der Waals surface area (Å²) < 4.78 is 5.47. The molecule has 1 aromatic carbocycles. The Morgan fingerprint density at radius 3 is 2.75 bits per heavy atom. The van der Waals surface area contributed by atoms with E-state index in [1.54, 1.807) is 12.1 Å². The van der Waals surface area contributed by atoms with Gasteiger partial charge < -0.3 is 4.74 Å². The second kappa shape index (κ2) is 5.52. The lowest BCUT2D eigenvalue weighted by atomic mass is 10.2. The zero-order valence-corrected chi connectivity index (χ0v) is 9.45. The summed E-state index contributed by atoms with van der Waals surface area (Å²) in [5.41, 5.74) is 1.23. The van der Waals surface area contributed by atoms with Crippen molar-refractivity contribution in [2.24, 2.45) is 0 Å². The lowest BCUT2D eigenvalue weighted by molar-refractivity contribution is 0.309. The van der Waals surface area contributed by atoms with Crippen molar-refractivity contribution in [3.8, 4) is 5.88 Å². The Hall–Kier alpha value is -1.54. The van der Waals surface area contributed by atoms with Gasteiger partial charge in [0, 0.05) is 6.42 Å². The minimum Gasteiger partial charge on any atom is -0.476 e. The average Bonchev–Trinajstić information content (AvgIpc) is 2.33. The fourth-order valence-electron chi connectivity index (χ4n) is 1.34. The number of hydrogen-bond acceptors (Lipinski definition) is 2. The Bertz CT molecular complexity index is 445. The van der Waals surface area contributed by atoms with Gasteiger partial charge in [0.1, 0.15) is 5.02 Å². The number of halogens is 1. The number of hydrogen-bond donors (Lipinski definition) is 0. The molecular weight excluding hydrogens is 222 g/mol. The van der Waals surface area contributed by atoms with Gasteiger partial charge in [-0.2, -0.15) is 0 Å². The van der Waals surface area contributed by atoms with Crippen molar-refractivity contribution in [2.75, 3.05) is 6.61 Å². The summed E-state index contributed by atoms with van der Waals surface area (Å²) in [7, 11) is 0. The van der Waals surface area contributed by atoms with Crippen LogP contribution in [0.4, 0.5) is 0 Å². The van der Waals surface area contributed by atoms with E-state index in [0.29, 0.717) is 17.5 Å². The summed E-state index contributed by atoms with van der Waals surface area (Å²) in [5.74, 6) is 0.445. The summed E-state index contributed by atoms with van der Waals surface area (Å²) in [6, 6.07) is 13.5. The van der Waals surface area contributed by atoms with Gasteiger partial charge in [-0.05, 0) is 17.7 Å². The first-order valence-corrected chi connectivity index (χ1v) is 5.43. The van der Waals surface area contributed by atoms with E-state index >= 15 is 0 Å². The van der Waals surface area contributed by atoms with Crippen molar-refractivity contribution in [1.82, 2.24) is 4.98 Å². The summed E-state index contributed by atoms with van der Waals surface area (Å²) in [6.45, 7) is 0.564. The second-order valence-corrected chi connectivity index (χ2v) is 3.72. The van der Waals surface area contributed by atoms with Crippen LogP contribution in [-0.2, 0) is 6.42 Å². The van der Waals surface area contributed by atoms with Crippen molar-refractivity contribution in [3.63, 3.8) is 0 Å². The van der Waals surface area contributed by atoms with E-state index in [9.17, 15) is 0 Å². The van der Waals surface area contributed by atoms with E-state index in [1.165, 1.54) is 5.56 Å². The third kappa shape index (κ3) is 2.97. The zero-order chi connectivity index (χ0) is 11.2. The Morgan fingerprint density at radius 1 is 1.19 bits per heavy atom. The Kier molecular flexibility index (Phi) is 3.78. The van der Waals surface area contributed by atoms with E-state index in [-0.39, 0.29) is 0 Å². The molecule has 16 heavy (non-hydrogen) atoms. The number of pyridine rings is 1. The number of rotatable bonds is 4. The summed E-state index contributed by atoms with van der Waals surface area (Å²) >= 11 is 5.90. The average molecular weight is 233 g/mol. The van der Waals surface area contributed by atoms with E-state index in [4.69, 9.17) is 16.3 Å². The number of ether oxygens (including phenoxy) is 1. The van der Waals surface area contributed by atoms with Crippen molar-refractivity contribution in [3.05, 3.63) is 59.2 Å². The van der Waals surface area contributed by atoms with E-state index in [2.05, 4.69) is 23.3 Å². The fourth-order valence-corrected chi connectivity index (χ4v) is 1.50. The molecule has 2 rings (SSSR count). The molecule has 0 aliphatic heterocycles. The molecule has 0 bridgehead atoms. The first kappa shape index (κ1) is 11.0. The van der Waals surface area contributed by atoms with Crippen molar-refractivity contribution in [1.29, 1.82) is 0 Å². The third-order valence-corrected chi connectivity index (χ3v) is 2.43. The predicted octanol–water partition coefficient (Wildman–Crippen LogP) is 3.16. The molecule has 81 valence electrons. The normalized spacial score (nSPS) is 10.1. The topological polar surface area (TPSA) is 22.1 Å². The molecule has 2 aromatic rings. The van der Waals surface area contributed by atoms with E-state index < -0.39 is 0 Å². The SMILES string of the molecule is Clc1cc[c]nc1OCCc1ccccc1. The molecule has 0 aliphatic carbocycles. The van der Waals surface area contributed by atoms with Gasteiger partial charge in [-0.15, -0.1) is 0 Å². The van der Waals surface area contributed by atoms with Gasteiger partial charge in [0.15, 0.2) is 0 Å². The van der Waals surface area contributed by atoms with Gasteiger partial charge in [0.05, 0.1) is 12.8 Å². The molecule has 0 N–H and O–H groups in total. The minimum absolute atomic E-state index is 0.445. The molecule has 0 amide bonds. The quantitative estimate of drug-likeness (QED) is 0.808. The molecule has 0 fully saturated rings. The molecule has 0 aliphatic rings. The molecule has 1 radical (unpaired) electrons. The van der Waals surface area contributed by atoms with Crippen LogP contribution in [0.2, 0.25) is 5.02 Å². The fraction of sp³-hybridized carbons (Fsp3) is 0.154. The highest BCUT2D eigenvalue weighted by molar-refractivity contribution is 6.31. The molecule has 0 spiro atoms.